The van der Waals surface area contributed by atoms with Crippen LogP contribution in [0.15, 0.2) is 42.5 Å². The minimum atomic E-state index is -0.463. The third-order valence-corrected chi connectivity index (χ3v) is 2.88. The molecule has 0 aliphatic rings. The molecule has 1 aromatic rings. The van der Waals surface area contributed by atoms with Crippen molar-refractivity contribution in [2.45, 2.75) is 32.3 Å². The van der Waals surface area contributed by atoms with E-state index in [1.165, 1.54) is 6.08 Å². The van der Waals surface area contributed by atoms with Crippen molar-refractivity contribution in [2.75, 3.05) is 14.2 Å². The Bertz CT molecular complexity index is 410. The van der Waals surface area contributed by atoms with Crippen molar-refractivity contribution in [1.29, 1.82) is 0 Å². The number of carbonyl (C=O) groups excluding carboxylic acids is 1. The summed E-state index contributed by atoms with van der Waals surface area (Å²) in [6.07, 6.45) is 3.00. The maximum atomic E-state index is 11.8. The van der Waals surface area contributed by atoms with E-state index in [2.05, 4.69) is 0 Å². The second-order valence-corrected chi connectivity index (χ2v) is 4.38. The van der Waals surface area contributed by atoms with Crippen LogP contribution in [0.25, 0.3) is 0 Å². The second kappa shape index (κ2) is 9.42. The number of hydrogen-bond donors (Lipinski definition) is 0. The summed E-state index contributed by atoms with van der Waals surface area (Å²) in [5.41, 5.74) is 1.05. The van der Waals surface area contributed by atoms with Gasteiger partial charge in [-0.2, -0.15) is 0 Å². The van der Waals surface area contributed by atoms with Gasteiger partial charge < -0.3 is 14.2 Å². The van der Waals surface area contributed by atoms with E-state index < -0.39 is 6.10 Å². The average Bonchev–Trinajstić information content (AvgIpc) is 2.50. The molecule has 4 heteroatoms. The van der Waals surface area contributed by atoms with Crippen molar-refractivity contribution < 1.29 is 19.0 Å². The number of ether oxygens (including phenoxy) is 3. The van der Waals surface area contributed by atoms with Crippen LogP contribution in [-0.2, 0) is 25.6 Å². The minimum Gasteiger partial charge on any atom is -0.366 e. The van der Waals surface area contributed by atoms with Crippen molar-refractivity contribution in [2.24, 2.45) is 0 Å². The fourth-order valence-electron chi connectivity index (χ4n) is 1.60. The standard InChI is InChI=1S/C16H22O4/c1-13(20-12-14-8-5-4-6-9-14)15(17)10-7-11-16(18-2)19-3/h4-10,13,16H,11-12H2,1-3H3/b10-7-/t13-/m1/s1. The number of carbonyl (C=O) groups is 1. The summed E-state index contributed by atoms with van der Waals surface area (Å²) in [6, 6.07) is 9.77. The summed E-state index contributed by atoms with van der Waals surface area (Å²) < 4.78 is 15.6. The van der Waals surface area contributed by atoms with E-state index in [9.17, 15) is 4.79 Å². The van der Waals surface area contributed by atoms with Gasteiger partial charge in [0.15, 0.2) is 12.1 Å². The van der Waals surface area contributed by atoms with E-state index in [0.717, 1.165) is 5.56 Å². The van der Waals surface area contributed by atoms with Gasteiger partial charge in [-0.1, -0.05) is 36.4 Å². The van der Waals surface area contributed by atoms with Crippen LogP contribution in [0.3, 0.4) is 0 Å². The van der Waals surface area contributed by atoms with Crippen molar-refractivity contribution in [3.8, 4) is 0 Å². The highest BCUT2D eigenvalue weighted by atomic mass is 16.7. The van der Waals surface area contributed by atoms with E-state index in [4.69, 9.17) is 14.2 Å². The Morgan fingerprint density at radius 1 is 1.20 bits per heavy atom. The molecule has 1 aromatic carbocycles. The molecule has 0 aromatic heterocycles. The lowest BCUT2D eigenvalue weighted by molar-refractivity contribution is -0.125. The lowest BCUT2D eigenvalue weighted by atomic mass is 10.2. The molecule has 0 aliphatic heterocycles. The molecule has 1 atom stereocenters. The first kappa shape index (κ1) is 16.6. The number of rotatable bonds is 9. The lowest BCUT2D eigenvalue weighted by Gasteiger charge is -2.11. The zero-order valence-corrected chi connectivity index (χ0v) is 12.2. The minimum absolute atomic E-state index is 0.0631. The quantitative estimate of drug-likeness (QED) is 0.514. The molecule has 4 nitrogen and oxygen atoms in total. The van der Waals surface area contributed by atoms with E-state index in [0.29, 0.717) is 13.0 Å². The Kier molecular flexibility index (Phi) is 7.80. The van der Waals surface area contributed by atoms with Gasteiger partial charge in [-0.05, 0) is 18.6 Å². The first-order valence-corrected chi connectivity index (χ1v) is 6.59. The molecule has 1 rings (SSSR count). The zero-order chi connectivity index (χ0) is 14.8. The first-order valence-electron chi connectivity index (χ1n) is 6.59. The predicted octanol–water partition coefficient (Wildman–Crippen LogP) is 2.73. The maximum Gasteiger partial charge on any atom is 0.183 e. The van der Waals surface area contributed by atoms with Gasteiger partial charge in [-0.15, -0.1) is 0 Å². The van der Waals surface area contributed by atoms with Gasteiger partial charge in [0, 0.05) is 20.6 Å². The average molecular weight is 278 g/mol. The van der Waals surface area contributed by atoms with Crippen molar-refractivity contribution in [3.05, 3.63) is 48.0 Å². The zero-order valence-electron chi connectivity index (χ0n) is 12.2. The van der Waals surface area contributed by atoms with Gasteiger partial charge in [0.05, 0.1) is 6.61 Å². The summed E-state index contributed by atoms with van der Waals surface area (Å²) in [6.45, 7) is 2.18. The Labute approximate surface area is 120 Å². The highest BCUT2D eigenvalue weighted by Gasteiger charge is 2.10. The number of hydrogen-bond acceptors (Lipinski definition) is 4. The summed E-state index contributed by atoms with van der Waals surface area (Å²) in [4.78, 5) is 11.8. The molecular weight excluding hydrogens is 256 g/mol. The second-order valence-electron chi connectivity index (χ2n) is 4.38. The van der Waals surface area contributed by atoms with Gasteiger partial charge in [0.1, 0.15) is 6.10 Å². The van der Waals surface area contributed by atoms with E-state index in [1.807, 2.05) is 30.3 Å². The molecule has 0 bridgehead atoms. The smallest absolute Gasteiger partial charge is 0.183 e. The molecule has 0 N–H and O–H groups in total. The molecular formula is C16H22O4. The first-order chi connectivity index (χ1) is 9.67. The third-order valence-electron chi connectivity index (χ3n) is 2.88. The van der Waals surface area contributed by atoms with Crippen molar-refractivity contribution in [3.63, 3.8) is 0 Å². The Balaban J connectivity index is 2.33. The molecule has 0 unspecified atom stereocenters. The van der Waals surface area contributed by atoms with Gasteiger partial charge in [0.25, 0.3) is 0 Å². The molecule has 20 heavy (non-hydrogen) atoms. The molecule has 0 spiro atoms. The Morgan fingerprint density at radius 2 is 1.85 bits per heavy atom. The maximum absolute atomic E-state index is 11.8. The number of ketones is 1. The fraction of sp³-hybridized carbons (Fsp3) is 0.438. The van der Waals surface area contributed by atoms with Crippen LogP contribution in [-0.4, -0.2) is 32.4 Å². The topological polar surface area (TPSA) is 44.8 Å². The van der Waals surface area contributed by atoms with E-state index >= 15 is 0 Å². The highest BCUT2D eigenvalue weighted by molar-refractivity contribution is 5.93. The van der Waals surface area contributed by atoms with Crippen LogP contribution in [0.4, 0.5) is 0 Å². The van der Waals surface area contributed by atoms with Crippen LogP contribution in [0.5, 0.6) is 0 Å². The highest BCUT2D eigenvalue weighted by Crippen LogP contribution is 2.05. The van der Waals surface area contributed by atoms with Crippen LogP contribution >= 0.6 is 0 Å². The van der Waals surface area contributed by atoms with Crippen LogP contribution in [0.2, 0.25) is 0 Å². The van der Waals surface area contributed by atoms with Gasteiger partial charge in [-0.3, -0.25) is 4.79 Å². The van der Waals surface area contributed by atoms with Crippen LogP contribution in [0, 0.1) is 0 Å². The summed E-state index contributed by atoms with van der Waals surface area (Å²) in [5.74, 6) is -0.0631. The van der Waals surface area contributed by atoms with Gasteiger partial charge in [0.2, 0.25) is 0 Å². The summed E-state index contributed by atoms with van der Waals surface area (Å²) in [7, 11) is 3.13. The molecule has 0 heterocycles. The van der Waals surface area contributed by atoms with Crippen LogP contribution in [0.1, 0.15) is 18.9 Å². The molecule has 110 valence electrons. The third kappa shape index (κ3) is 6.10. The molecule has 0 radical (unpaired) electrons. The van der Waals surface area contributed by atoms with E-state index in [1.54, 1.807) is 27.2 Å². The molecule has 0 saturated heterocycles. The number of benzene rings is 1. The Hall–Kier alpha value is -1.49. The molecule has 0 saturated carbocycles. The molecule has 0 aliphatic carbocycles. The molecule has 0 amide bonds. The Morgan fingerprint density at radius 3 is 2.45 bits per heavy atom. The SMILES string of the molecule is COC(C/C=C\C(=O)[C@@H](C)OCc1ccccc1)OC. The van der Waals surface area contributed by atoms with Gasteiger partial charge >= 0.3 is 0 Å². The number of methoxy groups -OCH3 is 2. The normalized spacial score (nSPS) is 13.0. The van der Waals surface area contributed by atoms with E-state index in [-0.39, 0.29) is 12.1 Å². The van der Waals surface area contributed by atoms with Crippen molar-refractivity contribution in [1.82, 2.24) is 0 Å². The summed E-state index contributed by atoms with van der Waals surface area (Å²) >= 11 is 0. The largest absolute Gasteiger partial charge is 0.366 e. The predicted molar refractivity (Wildman–Crippen MR) is 77.3 cm³/mol. The lowest BCUT2D eigenvalue weighted by Crippen LogP contribution is -2.18. The summed E-state index contributed by atoms with van der Waals surface area (Å²) in [5, 5.41) is 0. The van der Waals surface area contributed by atoms with Crippen molar-refractivity contribution >= 4 is 5.78 Å². The van der Waals surface area contributed by atoms with Gasteiger partial charge in [-0.25, -0.2) is 0 Å². The molecule has 0 fully saturated rings. The fourth-order valence-corrected chi connectivity index (χ4v) is 1.60. The van der Waals surface area contributed by atoms with Crippen LogP contribution < -0.4 is 0 Å². The monoisotopic (exact) mass is 278 g/mol.